The average Bonchev–Trinajstić information content (AvgIpc) is 2.81. The lowest BCUT2D eigenvalue weighted by Crippen LogP contribution is -2.18. The summed E-state index contributed by atoms with van der Waals surface area (Å²) in [6.45, 7) is 0.413. The largest absolute Gasteiger partial charge is 0.486 e. The summed E-state index contributed by atoms with van der Waals surface area (Å²) in [6, 6.07) is 5.80. The summed E-state index contributed by atoms with van der Waals surface area (Å²) in [5.74, 6) is 1.67. The van der Waals surface area contributed by atoms with Gasteiger partial charge in [0.25, 0.3) is 0 Å². The van der Waals surface area contributed by atoms with E-state index < -0.39 is 0 Å². The Morgan fingerprint density at radius 1 is 1.42 bits per heavy atom. The average molecular weight is 257 g/mol. The van der Waals surface area contributed by atoms with Crippen LogP contribution in [0.15, 0.2) is 30.6 Å². The van der Waals surface area contributed by atoms with Crippen LogP contribution in [-0.4, -0.2) is 15.5 Å². The molecule has 0 saturated carbocycles. The van der Waals surface area contributed by atoms with Gasteiger partial charge in [0, 0.05) is 37.6 Å². The van der Waals surface area contributed by atoms with Gasteiger partial charge < -0.3 is 14.6 Å². The van der Waals surface area contributed by atoms with E-state index in [-0.39, 0.29) is 5.91 Å². The molecule has 19 heavy (non-hydrogen) atoms. The summed E-state index contributed by atoms with van der Waals surface area (Å²) in [6.07, 6.45) is 4.97. The number of hydrogen-bond donors (Lipinski definition) is 1. The van der Waals surface area contributed by atoms with Gasteiger partial charge in [0.2, 0.25) is 5.91 Å². The maximum absolute atomic E-state index is 11.4. The highest BCUT2D eigenvalue weighted by Crippen LogP contribution is 2.27. The fraction of sp³-hybridized carbons (Fsp3) is 0.286. The smallest absolute Gasteiger partial charge is 0.224 e. The Labute approximate surface area is 111 Å². The Kier molecular flexibility index (Phi) is 2.95. The first-order valence-corrected chi connectivity index (χ1v) is 6.24. The van der Waals surface area contributed by atoms with E-state index in [0.29, 0.717) is 13.0 Å². The number of ether oxygens (including phenoxy) is 1. The van der Waals surface area contributed by atoms with E-state index in [1.165, 1.54) is 0 Å². The zero-order valence-electron chi connectivity index (χ0n) is 10.7. The normalized spacial score (nSPS) is 13.8. The van der Waals surface area contributed by atoms with Gasteiger partial charge in [0.1, 0.15) is 18.2 Å². The lowest BCUT2D eigenvalue weighted by molar-refractivity contribution is -0.116. The number of nitrogens with one attached hydrogen (secondary N) is 1. The molecular weight excluding hydrogens is 242 g/mol. The predicted octanol–water partition coefficient (Wildman–Crippen LogP) is 1.88. The second kappa shape index (κ2) is 4.76. The van der Waals surface area contributed by atoms with Gasteiger partial charge in [-0.3, -0.25) is 4.79 Å². The number of aromatic nitrogens is 2. The molecule has 0 fully saturated rings. The standard InChI is InChI=1S/C14H15N3O2/c1-17-7-6-15-13(17)9-19-11-4-2-10-3-5-14(18)16-12(10)8-11/h2,4,6-8H,3,5,9H2,1H3,(H,16,18). The maximum atomic E-state index is 11.4. The van der Waals surface area contributed by atoms with Crippen molar-refractivity contribution in [2.24, 2.45) is 7.05 Å². The topological polar surface area (TPSA) is 56.1 Å². The number of rotatable bonds is 3. The molecule has 1 aromatic heterocycles. The fourth-order valence-corrected chi connectivity index (χ4v) is 2.12. The minimum absolute atomic E-state index is 0.0637. The lowest BCUT2D eigenvalue weighted by Gasteiger charge is -2.17. The molecule has 3 rings (SSSR count). The highest BCUT2D eigenvalue weighted by molar-refractivity contribution is 5.94. The summed E-state index contributed by atoms with van der Waals surface area (Å²) < 4.78 is 7.61. The molecule has 0 bridgehead atoms. The van der Waals surface area contributed by atoms with Gasteiger partial charge in [-0.2, -0.15) is 0 Å². The van der Waals surface area contributed by atoms with E-state index in [9.17, 15) is 4.79 Å². The summed E-state index contributed by atoms with van der Waals surface area (Å²) in [7, 11) is 1.93. The van der Waals surface area contributed by atoms with Crippen molar-refractivity contribution in [2.45, 2.75) is 19.4 Å². The first kappa shape index (κ1) is 11.8. The highest BCUT2D eigenvalue weighted by Gasteiger charge is 2.15. The fourth-order valence-electron chi connectivity index (χ4n) is 2.12. The van der Waals surface area contributed by atoms with Crippen LogP contribution in [0.3, 0.4) is 0 Å². The van der Waals surface area contributed by atoms with Crippen LogP contribution in [0.2, 0.25) is 0 Å². The molecule has 1 N–H and O–H groups in total. The third-order valence-corrected chi connectivity index (χ3v) is 3.27. The third kappa shape index (κ3) is 2.45. The SMILES string of the molecule is Cn1ccnc1COc1ccc2c(c1)NC(=O)CC2. The molecule has 5 heteroatoms. The molecule has 98 valence electrons. The summed E-state index contributed by atoms with van der Waals surface area (Å²) in [5.41, 5.74) is 2.01. The van der Waals surface area contributed by atoms with Crippen molar-refractivity contribution < 1.29 is 9.53 Å². The van der Waals surface area contributed by atoms with Gasteiger partial charge in [-0.25, -0.2) is 4.98 Å². The van der Waals surface area contributed by atoms with Crippen molar-refractivity contribution >= 4 is 11.6 Å². The van der Waals surface area contributed by atoms with Crippen molar-refractivity contribution in [3.63, 3.8) is 0 Å². The number of fused-ring (bicyclic) bond motifs is 1. The van der Waals surface area contributed by atoms with Gasteiger partial charge in [-0.15, -0.1) is 0 Å². The Morgan fingerprint density at radius 2 is 2.32 bits per heavy atom. The van der Waals surface area contributed by atoms with Gasteiger partial charge in [-0.05, 0) is 18.1 Å². The predicted molar refractivity (Wildman–Crippen MR) is 70.9 cm³/mol. The number of hydrogen-bond acceptors (Lipinski definition) is 3. The quantitative estimate of drug-likeness (QED) is 0.913. The molecular formula is C14H15N3O2. The number of imidazole rings is 1. The number of carbonyl (C=O) groups excluding carboxylic acids is 1. The first-order chi connectivity index (χ1) is 9.22. The second-order valence-corrected chi connectivity index (χ2v) is 4.61. The zero-order valence-corrected chi connectivity index (χ0v) is 10.7. The molecule has 0 aliphatic carbocycles. The van der Waals surface area contributed by atoms with Gasteiger partial charge in [-0.1, -0.05) is 6.07 Å². The first-order valence-electron chi connectivity index (χ1n) is 6.24. The Balaban J connectivity index is 1.74. The van der Waals surface area contributed by atoms with Crippen LogP contribution in [-0.2, 0) is 24.9 Å². The Hall–Kier alpha value is -2.30. The van der Waals surface area contributed by atoms with Gasteiger partial charge in [0.05, 0.1) is 0 Å². The number of anilines is 1. The molecule has 0 radical (unpaired) electrons. The van der Waals surface area contributed by atoms with Crippen molar-refractivity contribution in [1.29, 1.82) is 0 Å². The monoisotopic (exact) mass is 257 g/mol. The number of carbonyl (C=O) groups is 1. The molecule has 0 saturated heterocycles. The Morgan fingerprint density at radius 3 is 3.11 bits per heavy atom. The van der Waals surface area contributed by atoms with E-state index in [2.05, 4.69) is 10.3 Å². The lowest BCUT2D eigenvalue weighted by atomic mass is 10.0. The van der Waals surface area contributed by atoms with Crippen LogP contribution >= 0.6 is 0 Å². The van der Waals surface area contributed by atoms with Crippen LogP contribution in [0.1, 0.15) is 17.8 Å². The third-order valence-electron chi connectivity index (χ3n) is 3.27. The summed E-state index contributed by atoms with van der Waals surface area (Å²) in [5, 5.41) is 2.87. The molecule has 1 aromatic carbocycles. The minimum atomic E-state index is 0.0637. The number of benzene rings is 1. The van der Waals surface area contributed by atoms with Gasteiger partial charge in [0.15, 0.2) is 0 Å². The van der Waals surface area contributed by atoms with Crippen molar-refractivity contribution in [2.75, 3.05) is 5.32 Å². The molecule has 0 atom stereocenters. The van der Waals surface area contributed by atoms with Crippen molar-refractivity contribution in [1.82, 2.24) is 9.55 Å². The summed E-state index contributed by atoms with van der Waals surface area (Å²) in [4.78, 5) is 15.6. The molecule has 1 aliphatic heterocycles. The van der Waals surface area contributed by atoms with E-state index in [0.717, 1.165) is 29.2 Å². The zero-order chi connectivity index (χ0) is 13.2. The van der Waals surface area contributed by atoms with E-state index in [4.69, 9.17) is 4.74 Å². The summed E-state index contributed by atoms with van der Waals surface area (Å²) >= 11 is 0. The van der Waals surface area contributed by atoms with Crippen molar-refractivity contribution in [3.05, 3.63) is 42.0 Å². The number of nitrogens with zero attached hydrogens (tertiary/aromatic N) is 2. The molecule has 1 amide bonds. The van der Waals surface area contributed by atoms with E-state index in [1.807, 2.05) is 36.0 Å². The molecule has 5 nitrogen and oxygen atoms in total. The van der Waals surface area contributed by atoms with Crippen LogP contribution in [0, 0.1) is 0 Å². The molecule has 2 aromatic rings. The maximum Gasteiger partial charge on any atom is 0.224 e. The molecule has 1 aliphatic rings. The molecule has 0 spiro atoms. The molecule has 2 heterocycles. The Bertz CT molecular complexity index is 619. The minimum Gasteiger partial charge on any atom is -0.486 e. The van der Waals surface area contributed by atoms with Crippen molar-refractivity contribution in [3.8, 4) is 5.75 Å². The highest BCUT2D eigenvalue weighted by atomic mass is 16.5. The van der Waals surface area contributed by atoms with Crippen LogP contribution < -0.4 is 10.1 Å². The molecule has 0 unspecified atom stereocenters. The van der Waals surface area contributed by atoms with Crippen LogP contribution in [0.4, 0.5) is 5.69 Å². The number of aryl methyl sites for hydroxylation is 2. The second-order valence-electron chi connectivity index (χ2n) is 4.61. The van der Waals surface area contributed by atoms with Crippen LogP contribution in [0.25, 0.3) is 0 Å². The van der Waals surface area contributed by atoms with E-state index in [1.54, 1.807) is 6.20 Å². The van der Waals surface area contributed by atoms with Gasteiger partial charge >= 0.3 is 0 Å². The van der Waals surface area contributed by atoms with Crippen LogP contribution in [0.5, 0.6) is 5.75 Å². The van der Waals surface area contributed by atoms with E-state index >= 15 is 0 Å². The number of amides is 1.